The minimum Gasteiger partial charge on any atom is -0.491 e. The Morgan fingerprint density at radius 3 is 2.24 bits per heavy atom. The minimum absolute atomic E-state index is 0.00357. The standard InChI is InChI=1S/C29H37F2NO/c1-3-5-6-20-7-9-23(10-8-20)26-17-15-24(19-32-26)21-11-13-22(14-12-21)25-16-18-27(33-4-2)29(31)28(25)30/h3,15-23H,1,4-14H2,2H3. The first-order valence-corrected chi connectivity index (χ1v) is 12.8. The number of nitrogens with zero attached hydrogens (tertiary/aromatic N) is 1. The van der Waals surface area contributed by atoms with E-state index in [-0.39, 0.29) is 11.7 Å². The van der Waals surface area contributed by atoms with Crippen LogP contribution in [0.4, 0.5) is 8.78 Å². The maximum Gasteiger partial charge on any atom is 0.200 e. The van der Waals surface area contributed by atoms with E-state index in [1.807, 2.05) is 6.08 Å². The monoisotopic (exact) mass is 453 g/mol. The van der Waals surface area contributed by atoms with Gasteiger partial charge in [0.1, 0.15) is 0 Å². The molecule has 4 heteroatoms. The van der Waals surface area contributed by atoms with Gasteiger partial charge in [-0.25, -0.2) is 4.39 Å². The van der Waals surface area contributed by atoms with Crippen LogP contribution in [0.5, 0.6) is 5.75 Å². The molecule has 2 fully saturated rings. The fourth-order valence-corrected chi connectivity index (χ4v) is 5.87. The number of rotatable bonds is 8. The Kier molecular flexibility index (Phi) is 8.16. The average molecular weight is 454 g/mol. The molecular formula is C29H37F2NO. The molecule has 0 bridgehead atoms. The molecule has 2 aliphatic rings. The summed E-state index contributed by atoms with van der Waals surface area (Å²) >= 11 is 0. The van der Waals surface area contributed by atoms with E-state index in [2.05, 4.69) is 24.9 Å². The molecule has 2 saturated carbocycles. The van der Waals surface area contributed by atoms with Crippen molar-refractivity contribution in [3.63, 3.8) is 0 Å². The predicted molar refractivity (Wildman–Crippen MR) is 130 cm³/mol. The van der Waals surface area contributed by atoms with Gasteiger partial charge in [0.05, 0.1) is 6.61 Å². The van der Waals surface area contributed by atoms with Crippen molar-refractivity contribution in [2.75, 3.05) is 6.61 Å². The SMILES string of the molecule is C=CCCC1CCC(c2ccc(C3CCC(c4ccc(OCC)c(F)c4F)CC3)cn2)CC1. The molecule has 4 rings (SSSR count). The molecule has 2 aliphatic carbocycles. The van der Waals surface area contributed by atoms with E-state index in [1.54, 1.807) is 19.1 Å². The van der Waals surface area contributed by atoms with Crippen molar-refractivity contribution < 1.29 is 13.5 Å². The van der Waals surface area contributed by atoms with Crippen molar-refractivity contribution in [2.24, 2.45) is 5.92 Å². The van der Waals surface area contributed by atoms with E-state index in [1.165, 1.54) is 43.4 Å². The molecule has 0 atom stereocenters. The second-order valence-electron chi connectivity index (χ2n) is 9.86. The van der Waals surface area contributed by atoms with Gasteiger partial charge < -0.3 is 4.74 Å². The first-order valence-electron chi connectivity index (χ1n) is 12.8. The predicted octanol–water partition coefficient (Wildman–Crippen LogP) is 8.44. The van der Waals surface area contributed by atoms with E-state index in [0.29, 0.717) is 24.0 Å². The zero-order valence-corrected chi connectivity index (χ0v) is 19.9. The molecule has 178 valence electrons. The highest BCUT2D eigenvalue weighted by Gasteiger charge is 2.28. The number of aromatic nitrogens is 1. The van der Waals surface area contributed by atoms with Crippen molar-refractivity contribution in [3.05, 3.63) is 71.6 Å². The molecule has 33 heavy (non-hydrogen) atoms. The van der Waals surface area contributed by atoms with Crippen LogP contribution in [0.3, 0.4) is 0 Å². The number of ether oxygens (including phenoxy) is 1. The molecule has 0 aliphatic heterocycles. The van der Waals surface area contributed by atoms with Crippen molar-refractivity contribution in [1.82, 2.24) is 4.98 Å². The van der Waals surface area contributed by atoms with Crippen LogP contribution in [0.1, 0.15) is 106 Å². The number of benzene rings is 1. The van der Waals surface area contributed by atoms with E-state index in [9.17, 15) is 8.78 Å². The van der Waals surface area contributed by atoms with Crippen molar-refractivity contribution >= 4 is 0 Å². The molecule has 2 nitrogen and oxygen atoms in total. The maximum atomic E-state index is 14.6. The lowest BCUT2D eigenvalue weighted by molar-refractivity contribution is 0.308. The zero-order valence-electron chi connectivity index (χ0n) is 19.9. The Labute approximate surface area is 197 Å². The van der Waals surface area contributed by atoms with E-state index >= 15 is 0 Å². The summed E-state index contributed by atoms with van der Waals surface area (Å²) in [5, 5.41) is 0. The Balaban J connectivity index is 1.32. The van der Waals surface area contributed by atoms with E-state index in [4.69, 9.17) is 9.72 Å². The van der Waals surface area contributed by atoms with E-state index < -0.39 is 11.6 Å². The Morgan fingerprint density at radius 1 is 0.909 bits per heavy atom. The number of hydrogen-bond donors (Lipinski definition) is 0. The van der Waals surface area contributed by atoms with Crippen LogP contribution in [-0.2, 0) is 0 Å². The number of halogens is 2. The molecule has 0 unspecified atom stereocenters. The number of pyridine rings is 1. The third-order valence-electron chi connectivity index (χ3n) is 7.87. The average Bonchev–Trinajstić information content (AvgIpc) is 2.86. The first-order chi connectivity index (χ1) is 16.1. The summed E-state index contributed by atoms with van der Waals surface area (Å²) in [5.41, 5.74) is 3.02. The molecule has 1 aromatic carbocycles. The number of hydrogen-bond acceptors (Lipinski definition) is 2. The van der Waals surface area contributed by atoms with Gasteiger partial charge in [-0.3, -0.25) is 4.98 Å². The lowest BCUT2D eigenvalue weighted by Crippen LogP contribution is -2.16. The fourth-order valence-electron chi connectivity index (χ4n) is 5.87. The van der Waals surface area contributed by atoms with Gasteiger partial charge in [0.15, 0.2) is 11.6 Å². The summed E-state index contributed by atoms with van der Waals surface area (Å²) < 4.78 is 34.1. The third-order valence-corrected chi connectivity index (χ3v) is 7.87. The lowest BCUT2D eigenvalue weighted by Gasteiger charge is -2.30. The molecule has 1 heterocycles. The second-order valence-corrected chi connectivity index (χ2v) is 9.86. The van der Waals surface area contributed by atoms with Gasteiger partial charge in [0.25, 0.3) is 0 Å². The highest BCUT2D eigenvalue weighted by Crippen LogP contribution is 2.43. The van der Waals surface area contributed by atoms with Crippen LogP contribution in [0, 0.1) is 17.6 Å². The van der Waals surface area contributed by atoms with Crippen molar-refractivity contribution in [1.29, 1.82) is 0 Å². The normalized spacial score (nSPS) is 25.5. The molecule has 0 radical (unpaired) electrons. The summed E-state index contributed by atoms with van der Waals surface area (Å²) in [6, 6.07) is 7.77. The highest BCUT2D eigenvalue weighted by atomic mass is 19.2. The molecule has 0 N–H and O–H groups in total. The van der Waals surface area contributed by atoms with Gasteiger partial charge in [0.2, 0.25) is 5.82 Å². The second kappa shape index (κ2) is 11.3. The topological polar surface area (TPSA) is 22.1 Å². The number of allylic oxidation sites excluding steroid dienone is 1. The molecule has 0 amide bonds. The Morgan fingerprint density at radius 2 is 1.61 bits per heavy atom. The van der Waals surface area contributed by atoms with Gasteiger partial charge in [-0.15, -0.1) is 6.58 Å². The summed E-state index contributed by atoms with van der Waals surface area (Å²) in [6.07, 6.45) is 15.3. The quantitative estimate of drug-likeness (QED) is 0.374. The summed E-state index contributed by atoms with van der Waals surface area (Å²) in [4.78, 5) is 4.86. The maximum absolute atomic E-state index is 14.6. The Hall–Kier alpha value is -2.23. The zero-order chi connectivity index (χ0) is 23.2. The van der Waals surface area contributed by atoms with Crippen LogP contribution in [-0.4, -0.2) is 11.6 Å². The van der Waals surface area contributed by atoms with Crippen molar-refractivity contribution in [3.8, 4) is 5.75 Å². The summed E-state index contributed by atoms with van der Waals surface area (Å²) in [6.45, 7) is 5.94. The highest BCUT2D eigenvalue weighted by molar-refractivity contribution is 5.33. The fraction of sp³-hybridized carbons (Fsp3) is 0.552. The van der Waals surface area contributed by atoms with Gasteiger partial charge in [0, 0.05) is 17.8 Å². The Bertz CT molecular complexity index is 910. The van der Waals surface area contributed by atoms with Crippen LogP contribution in [0.15, 0.2) is 43.1 Å². The largest absolute Gasteiger partial charge is 0.491 e. The van der Waals surface area contributed by atoms with Crippen molar-refractivity contribution in [2.45, 2.75) is 88.9 Å². The van der Waals surface area contributed by atoms with Crippen LogP contribution < -0.4 is 4.74 Å². The first kappa shape index (κ1) is 23.9. The molecule has 0 saturated heterocycles. The van der Waals surface area contributed by atoms with Gasteiger partial charge >= 0.3 is 0 Å². The molecule has 2 aromatic rings. The molecule has 1 aromatic heterocycles. The van der Waals surface area contributed by atoms with Crippen LogP contribution in [0.25, 0.3) is 0 Å². The van der Waals surface area contributed by atoms with Gasteiger partial charge in [-0.1, -0.05) is 18.2 Å². The van der Waals surface area contributed by atoms with Crippen LogP contribution >= 0.6 is 0 Å². The van der Waals surface area contributed by atoms with Gasteiger partial charge in [-0.2, -0.15) is 4.39 Å². The van der Waals surface area contributed by atoms with E-state index in [0.717, 1.165) is 38.0 Å². The van der Waals surface area contributed by atoms with Crippen LogP contribution in [0.2, 0.25) is 0 Å². The lowest BCUT2D eigenvalue weighted by atomic mass is 9.76. The summed E-state index contributed by atoms with van der Waals surface area (Å²) in [5.74, 6) is 0.363. The molecular weight excluding hydrogens is 416 g/mol. The smallest absolute Gasteiger partial charge is 0.200 e. The summed E-state index contributed by atoms with van der Waals surface area (Å²) in [7, 11) is 0. The minimum atomic E-state index is -0.856. The molecule has 0 spiro atoms. The van der Waals surface area contributed by atoms with Gasteiger partial charge in [-0.05, 0) is 112 Å². The third kappa shape index (κ3) is 5.65.